The van der Waals surface area contributed by atoms with E-state index >= 15 is 0 Å². The molecule has 0 fully saturated rings. The van der Waals surface area contributed by atoms with Crippen molar-refractivity contribution >= 4 is 11.6 Å². The molecule has 0 aliphatic carbocycles. The summed E-state index contributed by atoms with van der Waals surface area (Å²) in [4.78, 5) is 12.7. The Morgan fingerprint density at radius 2 is 1.39 bits per heavy atom. The summed E-state index contributed by atoms with van der Waals surface area (Å²) in [5.74, 6) is 2.10. The third kappa shape index (κ3) is 4.92. The first kappa shape index (κ1) is 19.5. The van der Waals surface area contributed by atoms with Gasteiger partial charge in [0.2, 0.25) is 0 Å². The number of hydrogen-bond acceptors (Lipinski definition) is 3. The van der Waals surface area contributed by atoms with Crippen LogP contribution in [0.2, 0.25) is 0 Å². The normalized spacial score (nSPS) is 11.7. The van der Waals surface area contributed by atoms with Crippen molar-refractivity contribution in [1.29, 1.82) is 0 Å². The highest BCUT2D eigenvalue weighted by molar-refractivity contribution is 5.95. The zero-order chi connectivity index (χ0) is 19.9. The molecule has 3 rings (SSSR count). The number of hydrogen-bond donors (Lipinski definition) is 1. The molecule has 28 heavy (non-hydrogen) atoms. The van der Waals surface area contributed by atoms with Crippen LogP contribution in [0.3, 0.4) is 0 Å². The number of benzene rings is 3. The van der Waals surface area contributed by atoms with Gasteiger partial charge in [-0.15, -0.1) is 0 Å². The molecule has 0 aliphatic rings. The van der Waals surface area contributed by atoms with Gasteiger partial charge in [-0.25, -0.2) is 0 Å². The third-order valence-corrected chi connectivity index (χ3v) is 4.33. The lowest BCUT2D eigenvalue weighted by atomic mass is 10.0. The van der Waals surface area contributed by atoms with Gasteiger partial charge in [0, 0.05) is 0 Å². The van der Waals surface area contributed by atoms with Crippen LogP contribution in [0.15, 0.2) is 78.9 Å². The number of rotatable bonds is 7. The zero-order valence-electron chi connectivity index (χ0n) is 16.4. The Balaban J connectivity index is 1.71. The van der Waals surface area contributed by atoms with Gasteiger partial charge in [0.05, 0.1) is 5.69 Å². The van der Waals surface area contributed by atoms with Gasteiger partial charge in [-0.2, -0.15) is 0 Å². The number of carbonyl (C=O) groups is 1. The van der Waals surface area contributed by atoms with E-state index in [2.05, 4.69) is 19.2 Å². The average molecular weight is 375 g/mol. The molecular formula is C24H25NO3. The molecule has 3 aromatic carbocycles. The van der Waals surface area contributed by atoms with E-state index in [4.69, 9.17) is 9.47 Å². The second-order valence-electron chi connectivity index (χ2n) is 6.85. The van der Waals surface area contributed by atoms with Crippen molar-refractivity contribution in [3.8, 4) is 17.2 Å². The van der Waals surface area contributed by atoms with E-state index in [1.807, 2.05) is 78.9 Å². The summed E-state index contributed by atoms with van der Waals surface area (Å²) in [6.07, 6.45) is -0.648. The van der Waals surface area contributed by atoms with Crippen LogP contribution in [0, 0.1) is 0 Å². The maximum atomic E-state index is 12.7. The summed E-state index contributed by atoms with van der Waals surface area (Å²) in [7, 11) is 0. The van der Waals surface area contributed by atoms with E-state index in [1.165, 1.54) is 0 Å². The van der Waals surface area contributed by atoms with E-state index in [-0.39, 0.29) is 5.91 Å². The number of ether oxygens (including phenoxy) is 2. The molecule has 0 radical (unpaired) electrons. The molecule has 1 amide bonds. The number of para-hydroxylation sites is 4. The summed E-state index contributed by atoms with van der Waals surface area (Å²) in [6.45, 7) is 5.95. The molecule has 1 atom stereocenters. The minimum absolute atomic E-state index is 0.234. The number of anilines is 1. The third-order valence-electron chi connectivity index (χ3n) is 4.33. The van der Waals surface area contributed by atoms with Crippen molar-refractivity contribution in [2.45, 2.75) is 32.8 Å². The predicted octanol–water partition coefficient (Wildman–Crippen LogP) is 6.01. The Morgan fingerprint density at radius 3 is 2.11 bits per heavy atom. The number of carbonyl (C=O) groups excluding carboxylic acids is 1. The summed E-state index contributed by atoms with van der Waals surface area (Å²) in [5, 5.41) is 2.91. The fourth-order valence-electron chi connectivity index (χ4n) is 2.82. The topological polar surface area (TPSA) is 47.6 Å². The van der Waals surface area contributed by atoms with Crippen LogP contribution in [0.5, 0.6) is 17.2 Å². The monoisotopic (exact) mass is 375 g/mol. The largest absolute Gasteiger partial charge is 0.481 e. The maximum Gasteiger partial charge on any atom is 0.265 e. The van der Waals surface area contributed by atoms with Gasteiger partial charge in [-0.1, -0.05) is 62.4 Å². The first-order chi connectivity index (χ1) is 13.5. The van der Waals surface area contributed by atoms with Gasteiger partial charge < -0.3 is 14.8 Å². The van der Waals surface area contributed by atoms with Crippen LogP contribution in [-0.4, -0.2) is 12.0 Å². The van der Waals surface area contributed by atoms with Gasteiger partial charge in [0.1, 0.15) is 11.5 Å². The van der Waals surface area contributed by atoms with Crippen LogP contribution < -0.4 is 14.8 Å². The van der Waals surface area contributed by atoms with Crippen molar-refractivity contribution in [2.24, 2.45) is 0 Å². The van der Waals surface area contributed by atoms with Crippen molar-refractivity contribution in [3.63, 3.8) is 0 Å². The predicted molar refractivity (Wildman–Crippen MR) is 112 cm³/mol. The minimum Gasteiger partial charge on any atom is -0.481 e. The molecule has 0 aliphatic heterocycles. The summed E-state index contributed by atoms with van der Waals surface area (Å²) < 4.78 is 11.8. The smallest absolute Gasteiger partial charge is 0.265 e. The molecule has 0 saturated heterocycles. The van der Waals surface area contributed by atoms with Crippen molar-refractivity contribution in [2.75, 3.05) is 5.32 Å². The van der Waals surface area contributed by atoms with E-state index in [1.54, 1.807) is 6.92 Å². The van der Waals surface area contributed by atoms with E-state index in [0.29, 0.717) is 23.1 Å². The standard InChI is InChI=1S/C24H25NO3/c1-17(2)20-13-7-9-15-22(20)27-18(3)24(26)25-21-14-8-10-16-23(21)28-19-11-5-4-6-12-19/h4-18H,1-3H3,(H,25,26). The molecule has 0 heterocycles. The van der Waals surface area contributed by atoms with Gasteiger partial charge in [0.25, 0.3) is 5.91 Å². The van der Waals surface area contributed by atoms with Crippen LogP contribution in [0.25, 0.3) is 0 Å². The van der Waals surface area contributed by atoms with Gasteiger partial charge in [-0.05, 0) is 48.7 Å². The maximum absolute atomic E-state index is 12.7. The molecule has 1 N–H and O–H groups in total. The molecule has 3 aromatic rings. The lowest BCUT2D eigenvalue weighted by molar-refractivity contribution is -0.122. The SMILES string of the molecule is CC(Oc1ccccc1C(C)C)C(=O)Nc1ccccc1Oc1ccccc1. The van der Waals surface area contributed by atoms with Crippen LogP contribution in [-0.2, 0) is 4.79 Å². The van der Waals surface area contributed by atoms with Crippen molar-refractivity contribution in [3.05, 3.63) is 84.4 Å². The lowest BCUT2D eigenvalue weighted by Gasteiger charge is -2.19. The minimum atomic E-state index is -0.648. The quantitative estimate of drug-likeness (QED) is 0.550. The highest BCUT2D eigenvalue weighted by Gasteiger charge is 2.19. The molecule has 0 bridgehead atoms. The number of nitrogens with one attached hydrogen (secondary N) is 1. The van der Waals surface area contributed by atoms with E-state index in [0.717, 1.165) is 11.3 Å². The molecule has 1 unspecified atom stereocenters. The molecule has 4 heteroatoms. The Kier molecular flexibility index (Phi) is 6.33. The molecule has 4 nitrogen and oxygen atoms in total. The Bertz CT molecular complexity index is 922. The highest BCUT2D eigenvalue weighted by atomic mass is 16.5. The second-order valence-corrected chi connectivity index (χ2v) is 6.85. The highest BCUT2D eigenvalue weighted by Crippen LogP contribution is 2.30. The van der Waals surface area contributed by atoms with Crippen molar-refractivity contribution < 1.29 is 14.3 Å². The molecule has 0 saturated carbocycles. The van der Waals surface area contributed by atoms with Crippen LogP contribution in [0.1, 0.15) is 32.3 Å². The summed E-state index contributed by atoms with van der Waals surface area (Å²) in [5.41, 5.74) is 1.68. The molecular weight excluding hydrogens is 350 g/mol. The molecule has 0 aromatic heterocycles. The Morgan fingerprint density at radius 1 is 0.786 bits per heavy atom. The van der Waals surface area contributed by atoms with Crippen LogP contribution in [0.4, 0.5) is 5.69 Å². The summed E-state index contributed by atoms with van der Waals surface area (Å²) >= 11 is 0. The Hall–Kier alpha value is -3.27. The fraction of sp³-hybridized carbons (Fsp3) is 0.208. The first-order valence-electron chi connectivity index (χ1n) is 9.43. The second kappa shape index (κ2) is 9.09. The van der Waals surface area contributed by atoms with Gasteiger partial charge in [0.15, 0.2) is 11.9 Å². The number of amides is 1. The fourth-order valence-corrected chi connectivity index (χ4v) is 2.82. The van der Waals surface area contributed by atoms with Crippen molar-refractivity contribution in [1.82, 2.24) is 0 Å². The van der Waals surface area contributed by atoms with Gasteiger partial charge >= 0.3 is 0 Å². The van der Waals surface area contributed by atoms with E-state index < -0.39 is 6.10 Å². The first-order valence-corrected chi connectivity index (χ1v) is 9.43. The van der Waals surface area contributed by atoms with E-state index in [9.17, 15) is 4.79 Å². The summed E-state index contributed by atoms with van der Waals surface area (Å²) in [6, 6.07) is 24.6. The Labute approximate surface area is 166 Å². The zero-order valence-corrected chi connectivity index (χ0v) is 16.4. The lowest BCUT2D eigenvalue weighted by Crippen LogP contribution is -2.30. The average Bonchev–Trinajstić information content (AvgIpc) is 2.70. The van der Waals surface area contributed by atoms with Crippen LogP contribution >= 0.6 is 0 Å². The molecule has 0 spiro atoms. The molecule has 144 valence electrons. The van der Waals surface area contributed by atoms with Gasteiger partial charge in [-0.3, -0.25) is 4.79 Å².